The largest absolute Gasteiger partial charge is 0.369 e. The van der Waals surface area contributed by atoms with Crippen LogP contribution in [0.3, 0.4) is 0 Å². The first-order chi connectivity index (χ1) is 8.70. The van der Waals surface area contributed by atoms with E-state index in [4.69, 9.17) is 0 Å². The van der Waals surface area contributed by atoms with E-state index in [2.05, 4.69) is 38.1 Å². The monoisotopic (exact) mass is 309 g/mol. The number of nitrogens with zero attached hydrogens (tertiary/aromatic N) is 2. The van der Waals surface area contributed by atoms with Crippen molar-refractivity contribution in [3.05, 3.63) is 40.9 Å². The molecule has 0 aliphatic heterocycles. The highest BCUT2D eigenvalue weighted by Gasteiger charge is 2.08. The molecule has 0 saturated carbocycles. The minimum atomic E-state index is -0.305. The van der Waals surface area contributed by atoms with Crippen molar-refractivity contribution in [1.29, 1.82) is 0 Å². The number of hydrogen-bond acceptors (Lipinski definition) is 3. The molecule has 1 aromatic carbocycles. The van der Waals surface area contributed by atoms with Gasteiger partial charge in [0.15, 0.2) is 0 Å². The van der Waals surface area contributed by atoms with Crippen molar-refractivity contribution in [2.45, 2.75) is 13.3 Å². The second-order valence-electron chi connectivity index (χ2n) is 3.84. The molecule has 0 amide bonds. The Labute approximate surface area is 114 Å². The van der Waals surface area contributed by atoms with Crippen molar-refractivity contribution in [2.75, 3.05) is 11.9 Å². The third-order valence-corrected chi connectivity index (χ3v) is 2.89. The highest BCUT2D eigenvalue weighted by molar-refractivity contribution is 9.10. The van der Waals surface area contributed by atoms with Gasteiger partial charge in [-0.15, -0.1) is 0 Å². The molecule has 0 aliphatic rings. The van der Waals surface area contributed by atoms with Crippen molar-refractivity contribution in [1.82, 2.24) is 9.97 Å². The lowest BCUT2D eigenvalue weighted by atomic mass is 10.1. The summed E-state index contributed by atoms with van der Waals surface area (Å²) in [5.74, 6) is 0.355. The summed E-state index contributed by atoms with van der Waals surface area (Å²) in [6, 6.07) is 4.77. The van der Waals surface area contributed by atoms with E-state index in [1.807, 2.05) is 0 Å². The van der Waals surface area contributed by atoms with Gasteiger partial charge in [-0.25, -0.2) is 9.37 Å². The van der Waals surface area contributed by atoms with Crippen LogP contribution in [0.1, 0.15) is 13.3 Å². The summed E-state index contributed by atoms with van der Waals surface area (Å²) < 4.78 is 14.5. The van der Waals surface area contributed by atoms with E-state index in [1.165, 1.54) is 6.07 Å². The summed E-state index contributed by atoms with van der Waals surface area (Å²) in [6.45, 7) is 2.89. The van der Waals surface area contributed by atoms with E-state index in [9.17, 15) is 4.39 Å². The third-order valence-electron chi connectivity index (χ3n) is 2.40. The SMILES string of the molecule is CCCNc1cncc(-c2cc(Br)ccc2F)n1. The van der Waals surface area contributed by atoms with Crippen LogP contribution in [0.2, 0.25) is 0 Å². The number of rotatable bonds is 4. The molecule has 94 valence electrons. The van der Waals surface area contributed by atoms with Crippen molar-refractivity contribution in [3.63, 3.8) is 0 Å². The molecule has 1 aromatic heterocycles. The zero-order valence-corrected chi connectivity index (χ0v) is 11.5. The van der Waals surface area contributed by atoms with E-state index in [0.717, 1.165) is 17.4 Å². The topological polar surface area (TPSA) is 37.8 Å². The van der Waals surface area contributed by atoms with E-state index in [1.54, 1.807) is 24.5 Å². The van der Waals surface area contributed by atoms with E-state index >= 15 is 0 Å². The molecule has 0 bridgehead atoms. The van der Waals surface area contributed by atoms with Crippen LogP contribution in [0, 0.1) is 5.82 Å². The maximum Gasteiger partial charge on any atom is 0.145 e. The summed E-state index contributed by atoms with van der Waals surface area (Å²) >= 11 is 3.32. The predicted octanol–water partition coefficient (Wildman–Crippen LogP) is 3.87. The molecule has 2 rings (SSSR count). The fraction of sp³-hybridized carbons (Fsp3) is 0.231. The molecule has 5 heteroatoms. The van der Waals surface area contributed by atoms with Crippen molar-refractivity contribution in [2.24, 2.45) is 0 Å². The second kappa shape index (κ2) is 5.91. The Kier molecular flexibility index (Phi) is 4.25. The number of nitrogens with one attached hydrogen (secondary N) is 1. The number of anilines is 1. The normalized spacial score (nSPS) is 10.4. The summed E-state index contributed by atoms with van der Waals surface area (Å²) in [5.41, 5.74) is 0.965. The zero-order chi connectivity index (χ0) is 13.0. The van der Waals surface area contributed by atoms with Crippen LogP contribution in [0.5, 0.6) is 0 Å². The minimum Gasteiger partial charge on any atom is -0.369 e. The van der Waals surface area contributed by atoms with Crippen molar-refractivity contribution in [3.8, 4) is 11.3 Å². The Bertz CT molecular complexity index is 546. The lowest BCUT2D eigenvalue weighted by molar-refractivity contribution is 0.630. The van der Waals surface area contributed by atoms with Gasteiger partial charge < -0.3 is 5.32 Å². The van der Waals surface area contributed by atoms with Crippen LogP contribution < -0.4 is 5.32 Å². The van der Waals surface area contributed by atoms with Crippen LogP contribution >= 0.6 is 15.9 Å². The molecule has 0 atom stereocenters. The number of hydrogen-bond donors (Lipinski definition) is 1. The van der Waals surface area contributed by atoms with Crippen LogP contribution in [0.4, 0.5) is 10.2 Å². The molecule has 18 heavy (non-hydrogen) atoms. The molecule has 0 spiro atoms. The van der Waals surface area contributed by atoms with Crippen molar-refractivity contribution < 1.29 is 4.39 Å². The maximum atomic E-state index is 13.7. The Hall–Kier alpha value is -1.49. The molecule has 0 unspecified atom stereocenters. The second-order valence-corrected chi connectivity index (χ2v) is 4.76. The summed E-state index contributed by atoms with van der Waals surface area (Å²) in [4.78, 5) is 8.43. The van der Waals surface area contributed by atoms with Crippen LogP contribution in [0.15, 0.2) is 35.1 Å². The third kappa shape index (κ3) is 3.04. The summed E-state index contributed by atoms with van der Waals surface area (Å²) in [5, 5.41) is 3.13. The molecule has 0 fully saturated rings. The first kappa shape index (κ1) is 13.0. The quantitative estimate of drug-likeness (QED) is 0.931. The number of aromatic nitrogens is 2. The Morgan fingerprint density at radius 1 is 1.33 bits per heavy atom. The van der Waals surface area contributed by atoms with Gasteiger partial charge in [0.25, 0.3) is 0 Å². The van der Waals surface area contributed by atoms with Crippen LogP contribution in [-0.2, 0) is 0 Å². The molecule has 0 aliphatic carbocycles. The Morgan fingerprint density at radius 3 is 2.94 bits per heavy atom. The molecular weight excluding hydrogens is 297 g/mol. The smallest absolute Gasteiger partial charge is 0.145 e. The van der Waals surface area contributed by atoms with Gasteiger partial charge in [-0.05, 0) is 24.6 Å². The maximum absolute atomic E-state index is 13.7. The van der Waals surface area contributed by atoms with Gasteiger partial charge in [-0.1, -0.05) is 22.9 Å². The molecule has 2 aromatic rings. The highest BCUT2D eigenvalue weighted by Crippen LogP contribution is 2.24. The molecule has 0 saturated heterocycles. The van der Waals surface area contributed by atoms with Crippen LogP contribution in [0.25, 0.3) is 11.3 Å². The Balaban J connectivity index is 2.35. The van der Waals surface area contributed by atoms with Gasteiger partial charge in [0.1, 0.15) is 11.6 Å². The van der Waals surface area contributed by atoms with Gasteiger partial charge in [0, 0.05) is 16.6 Å². The predicted molar refractivity (Wildman–Crippen MR) is 73.9 cm³/mol. The van der Waals surface area contributed by atoms with Crippen LogP contribution in [-0.4, -0.2) is 16.5 Å². The first-order valence-electron chi connectivity index (χ1n) is 5.72. The number of halogens is 2. The van der Waals surface area contributed by atoms with Gasteiger partial charge in [0.05, 0.1) is 18.1 Å². The zero-order valence-electron chi connectivity index (χ0n) is 9.95. The lowest BCUT2D eigenvalue weighted by Gasteiger charge is -2.07. The molecule has 3 nitrogen and oxygen atoms in total. The van der Waals surface area contributed by atoms with Gasteiger partial charge in [-0.3, -0.25) is 4.98 Å². The van der Waals surface area contributed by atoms with E-state index in [0.29, 0.717) is 17.1 Å². The lowest BCUT2D eigenvalue weighted by Crippen LogP contribution is -2.03. The minimum absolute atomic E-state index is 0.305. The average molecular weight is 310 g/mol. The van der Waals surface area contributed by atoms with E-state index < -0.39 is 0 Å². The molecule has 1 N–H and O–H groups in total. The van der Waals surface area contributed by atoms with Gasteiger partial charge in [-0.2, -0.15) is 0 Å². The fourth-order valence-corrected chi connectivity index (χ4v) is 1.89. The van der Waals surface area contributed by atoms with Gasteiger partial charge >= 0.3 is 0 Å². The van der Waals surface area contributed by atoms with Crippen molar-refractivity contribution >= 4 is 21.7 Å². The van der Waals surface area contributed by atoms with E-state index in [-0.39, 0.29) is 5.82 Å². The number of benzene rings is 1. The fourth-order valence-electron chi connectivity index (χ4n) is 1.53. The molecule has 0 radical (unpaired) electrons. The molecule has 1 heterocycles. The first-order valence-corrected chi connectivity index (χ1v) is 6.51. The summed E-state index contributed by atoms with van der Waals surface area (Å²) in [6.07, 6.45) is 4.19. The average Bonchev–Trinajstić information content (AvgIpc) is 2.39. The van der Waals surface area contributed by atoms with Gasteiger partial charge in [0.2, 0.25) is 0 Å². The highest BCUT2D eigenvalue weighted by atomic mass is 79.9. The standard InChI is InChI=1S/C13H13BrFN3/c1-2-5-17-13-8-16-7-12(18-13)10-6-9(14)3-4-11(10)15/h3-4,6-8H,2,5H2,1H3,(H,17,18). The molecular formula is C13H13BrFN3. The Morgan fingerprint density at radius 2 is 2.17 bits per heavy atom. The summed E-state index contributed by atoms with van der Waals surface area (Å²) in [7, 11) is 0.